The number of rotatable bonds is 7. The zero-order chi connectivity index (χ0) is 23.4. The molecule has 0 bridgehead atoms. The Morgan fingerprint density at radius 3 is 2.55 bits per heavy atom. The average Bonchev–Trinajstić information content (AvgIpc) is 3.14. The molecule has 2 aromatic carbocycles. The monoisotopic (exact) mass is 455 g/mol. The van der Waals surface area contributed by atoms with Crippen molar-refractivity contribution in [1.82, 2.24) is 0 Å². The first-order chi connectivity index (χ1) is 16.0. The molecule has 1 fully saturated rings. The van der Waals surface area contributed by atoms with E-state index in [0.717, 1.165) is 11.1 Å². The maximum absolute atomic E-state index is 13.5. The highest BCUT2D eigenvalue weighted by Gasteiger charge is 2.34. The third-order valence-corrected chi connectivity index (χ3v) is 5.92. The minimum Gasteiger partial charge on any atom is -0.488 e. The second-order valence-electron chi connectivity index (χ2n) is 7.98. The van der Waals surface area contributed by atoms with Crippen LogP contribution >= 0.6 is 0 Å². The third kappa shape index (κ3) is 4.83. The van der Waals surface area contributed by atoms with E-state index in [2.05, 4.69) is 4.99 Å². The predicted molar refractivity (Wildman–Crippen MR) is 121 cm³/mol. The van der Waals surface area contributed by atoms with Crippen molar-refractivity contribution in [3.8, 4) is 5.75 Å². The van der Waals surface area contributed by atoms with Gasteiger partial charge in [0.2, 0.25) is 0 Å². The van der Waals surface area contributed by atoms with Gasteiger partial charge in [-0.1, -0.05) is 12.1 Å². The zero-order valence-corrected chi connectivity index (χ0v) is 18.8. The molecule has 4 rings (SSSR count). The Morgan fingerprint density at radius 2 is 1.88 bits per heavy atom. The normalized spacial score (nSPS) is 18.4. The average molecular weight is 456 g/mol. The van der Waals surface area contributed by atoms with Crippen molar-refractivity contribution in [2.24, 2.45) is 4.99 Å². The number of ether oxygens (including phenoxy) is 3. The first-order valence-electron chi connectivity index (χ1n) is 11.0. The van der Waals surface area contributed by atoms with Crippen LogP contribution in [0, 0.1) is 5.82 Å². The Kier molecular flexibility index (Phi) is 6.88. The maximum Gasteiger partial charge on any atom is 0.340 e. The van der Waals surface area contributed by atoms with E-state index in [1.54, 1.807) is 26.1 Å². The molecule has 2 aromatic rings. The number of aliphatic imine (C=N–C) groups is 1. The molecule has 0 spiro atoms. The molecule has 0 radical (unpaired) electrons. The van der Waals surface area contributed by atoms with Gasteiger partial charge in [0.15, 0.2) is 0 Å². The van der Waals surface area contributed by atoms with Gasteiger partial charge in [-0.3, -0.25) is 4.99 Å². The Hall–Kier alpha value is -3.07. The summed E-state index contributed by atoms with van der Waals surface area (Å²) in [4.78, 5) is 17.3. The number of carbonyl (C=O) groups excluding carboxylic acids is 1. The summed E-state index contributed by atoms with van der Waals surface area (Å²) >= 11 is 0. The van der Waals surface area contributed by atoms with Gasteiger partial charge in [0.05, 0.1) is 31.1 Å². The van der Waals surface area contributed by atoms with Crippen LogP contribution < -0.4 is 4.74 Å². The summed E-state index contributed by atoms with van der Waals surface area (Å²) in [6.45, 7) is 4.88. The van der Waals surface area contributed by atoms with Crippen molar-refractivity contribution in [2.75, 3.05) is 53.1 Å². The molecule has 0 atom stereocenters. The van der Waals surface area contributed by atoms with Crippen LogP contribution in [0.15, 0.2) is 53.0 Å². The topological polar surface area (TPSA) is 77.4 Å². The molecule has 1 aliphatic heterocycles. The molecule has 1 heterocycles. The van der Waals surface area contributed by atoms with Crippen molar-refractivity contribution in [3.05, 3.63) is 70.5 Å². The predicted octanol–water partition coefficient (Wildman–Crippen LogP) is 3.24. The van der Waals surface area contributed by atoms with Gasteiger partial charge in [0.25, 0.3) is 0 Å². The second kappa shape index (κ2) is 9.82. The minimum absolute atomic E-state index is 0.0735. The first kappa shape index (κ1) is 23.1. The Morgan fingerprint density at radius 1 is 1.15 bits per heavy atom. The zero-order valence-electron chi connectivity index (χ0n) is 18.8. The van der Waals surface area contributed by atoms with Gasteiger partial charge in [0, 0.05) is 18.2 Å². The lowest BCUT2D eigenvalue weighted by molar-refractivity contribution is -1.11. The first-order valence-corrected chi connectivity index (χ1v) is 11.0. The van der Waals surface area contributed by atoms with Crippen molar-refractivity contribution >= 4 is 17.3 Å². The molecule has 174 valence electrons. The Labute approximate surface area is 192 Å². The van der Waals surface area contributed by atoms with Crippen molar-refractivity contribution in [1.29, 1.82) is 0 Å². The lowest BCUT2D eigenvalue weighted by Crippen LogP contribution is -2.54. The van der Waals surface area contributed by atoms with Crippen LogP contribution in [0.1, 0.15) is 23.6 Å². The van der Waals surface area contributed by atoms with Crippen molar-refractivity contribution < 1.29 is 33.2 Å². The summed E-state index contributed by atoms with van der Waals surface area (Å²) in [5.41, 5.74) is 3.77. The van der Waals surface area contributed by atoms with Crippen molar-refractivity contribution in [2.45, 2.75) is 6.92 Å². The number of halogens is 1. The largest absolute Gasteiger partial charge is 0.488 e. The number of esters is 1. The van der Waals surface area contributed by atoms with Crippen LogP contribution in [0.5, 0.6) is 5.75 Å². The number of benzene rings is 2. The molecule has 7 nitrogen and oxygen atoms in total. The summed E-state index contributed by atoms with van der Waals surface area (Å²) in [5.74, 6) is -0.221. The number of quaternary nitrogens is 1. The number of hydroxylamine groups is 3. The molecule has 1 aliphatic carbocycles. The van der Waals surface area contributed by atoms with Gasteiger partial charge in [-0.2, -0.15) is 4.65 Å². The Bertz CT molecular complexity index is 1090. The van der Waals surface area contributed by atoms with E-state index >= 15 is 0 Å². The van der Waals surface area contributed by atoms with E-state index in [0.29, 0.717) is 67.6 Å². The quantitative estimate of drug-likeness (QED) is 0.512. The second-order valence-corrected chi connectivity index (χ2v) is 7.98. The van der Waals surface area contributed by atoms with E-state index in [1.807, 2.05) is 18.2 Å². The molecule has 0 unspecified atom stereocenters. The molecule has 0 saturated carbocycles. The number of morpholine rings is 1. The standard InChI is InChI=1S/C25H28FN2O5/c1-3-32-25(29)23-22(17-4-6-18(26)7-5-17)20-9-8-19(16-21(20)24(23)27-2)33-15-12-28(30)10-13-31-14-11-28/h4-9,16,30H,3,10-15H2,1-2H3/q+1/b27-24+. The molecule has 0 amide bonds. The fourth-order valence-electron chi connectivity index (χ4n) is 4.21. The molecule has 2 aliphatic rings. The lowest BCUT2D eigenvalue weighted by atomic mass is 9.97. The van der Waals surface area contributed by atoms with E-state index in [1.165, 1.54) is 12.1 Å². The summed E-state index contributed by atoms with van der Waals surface area (Å²) in [6, 6.07) is 11.6. The smallest absolute Gasteiger partial charge is 0.340 e. The third-order valence-electron chi connectivity index (χ3n) is 5.92. The summed E-state index contributed by atoms with van der Waals surface area (Å²) in [7, 11) is 1.62. The van der Waals surface area contributed by atoms with E-state index < -0.39 is 5.97 Å². The fraction of sp³-hybridized carbons (Fsp3) is 0.360. The lowest BCUT2D eigenvalue weighted by Gasteiger charge is -2.33. The number of fused-ring (bicyclic) bond motifs is 1. The van der Waals surface area contributed by atoms with Crippen LogP contribution in [-0.2, 0) is 14.3 Å². The summed E-state index contributed by atoms with van der Waals surface area (Å²) in [6.07, 6.45) is 0. The minimum atomic E-state index is -0.477. The van der Waals surface area contributed by atoms with Crippen LogP contribution in [0.3, 0.4) is 0 Å². The summed E-state index contributed by atoms with van der Waals surface area (Å²) in [5, 5.41) is 10.6. The van der Waals surface area contributed by atoms with E-state index in [4.69, 9.17) is 14.2 Å². The van der Waals surface area contributed by atoms with Crippen LogP contribution in [0.25, 0.3) is 5.57 Å². The van der Waals surface area contributed by atoms with E-state index in [-0.39, 0.29) is 17.1 Å². The fourth-order valence-corrected chi connectivity index (χ4v) is 4.21. The molecular formula is C25H28FN2O5+. The van der Waals surface area contributed by atoms with Crippen molar-refractivity contribution in [3.63, 3.8) is 0 Å². The van der Waals surface area contributed by atoms with Gasteiger partial charge >= 0.3 is 5.97 Å². The maximum atomic E-state index is 13.5. The summed E-state index contributed by atoms with van der Waals surface area (Å²) < 4.78 is 30.0. The highest BCUT2D eigenvalue weighted by atomic mass is 19.1. The molecule has 1 saturated heterocycles. The highest BCUT2D eigenvalue weighted by Crippen LogP contribution is 2.40. The van der Waals surface area contributed by atoms with Gasteiger partial charge in [-0.15, -0.1) is 0 Å². The molecule has 33 heavy (non-hydrogen) atoms. The van der Waals surface area contributed by atoms with Gasteiger partial charge < -0.3 is 14.2 Å². The number of carbonyl (C=O) groups is 1. The SMILES string of the molecule is CCOC(=O)C1=C(c2ccc(F)cc2)c2ccc(OCC[N+]3(O)CCOCC3)cc2/C1=N\C. The van der Waals surface area contributed by atoms with E-state index in [9.17, 15) is 14.4 Å². The Balaban J connectivity index is 1.64. The number of hydrogen-bond donors (Lipinski definition) is 1. The number of hydrogen-bond acceptors (Lipinski definition) is 6. The molecule has 0 aromatic heterocycles. The highest BCUT2D eigenvalue weighted by molar-refractivity contribution is 6.37. The van der Waals surface area contributed by atoms with Crippen LogP contribution in [0.4, 0.5) is 4.39 Å². The van der Waals surface area contributed by atoms with Gasteiger partial charge in [0.1, 0.15) is 37.8 Å². The number of nitrogens with zero attached hydrogens (tertiary/aromatic N) is 2. The van der Waals surface area contributed by atoms with Crippen LogP contribution in [-0.4, -0.2) is 74.6 Å². The van der Waals surface area contributed by atoms with Gasteiger partial charge in [-0.05, 0) is 48.4 Å². The van der Waals surface area contributed by atoms with Gasteiger partial charge in [-0.25, -0.2) is 14.4 Å². The molecule has 8 heteroatoms. The van der Waals surface area contributed by atoms with Crippen LogP contribution in [0.2, 0.25) is 0 Å². The molecular weight excluding hydrogens is 427 g/mol. The molecule has 1 N–H and O–H groups in total.